The van der Waals surface area contributed by atoms with Crippen LogP contribution in [0.3, 0.4) is 0 Å². The average molecular weight is 383 g/mol. The second-order valence-electron chi connectivity index (χ2n) is 6.55. The Morgan fingerprint density at radius 3 is 2.68 bits per heavy atom. The van der Waals surface area contributed by atoms with Crippen LogP contribution in [0.5, 0.6) is 0 Å². The molecule has 0 spiro atoms. The first-order valence-corrected chi connectivity index (χ1v) is 9.13. The van der Waals surface area contributed by atoms with Crippen molar-refractivity contribution in [3.63, 3.8) is 0 Å². The number of fused-ring (bicyclic) bond motifs is 1. The van der Waals surface area contributed by atoms with Gasteiger partial charge in [-0.3, -0.25) is 5.32 Å². The van der Waals surface area contributed by atoms with E-state index in [0.717, 1.165) is 27.7 Å². The molecule has 0 aliphatic rings. The SMILES string of the molecule is CCNC(=O)Nc1nc2cc(-c3cnc(NC(C)COC)nc3)cc(C)c2[nH]1. The number of urea groups is 1. The lowest BCUT2D eigenvalue weighted by Gasteiger charge is -2.12. The lowest BCUT2D eigenvalue weighted by Crippen LogP contribution is -2.28. The summed E-state index contributed by atoms with van der Waals surface area (Å²) in [6.07, 6.45) is 3.55. The van der Waals surface area contributed by atoms with E-state index >= 15 is 0 Å². The van der Waals surface area contributed by atoms with Crippen molar-refractivity contribution in [2.75, 3.05) is 30.9 Å². The number of ether oxygens (including phenoxy) is 1. The summed E-state index contributed by atoms with van der Waals surface area (Å²) in [6.45, 7) is 6.97. The van der Waals surface area contributed by atoms with Gasteiger partial charge in [0.05, 0.1) is 17.6 Å². The fourth-order valence-electron chi connectivity index (χ4n) is 2.89. The molecule has 2 heterocycles. The highest BCUT2D eigenvalue weighted by atomic mass is 16.5. The lowest BCUT2D eigenvalue weighted by molar-refractivity contribution is 0.190. The van der Waals surface area contributed by atoms with Crippen molar-refractivity contribution in [1.82, 2.24) is 25.3 Å². The predicted molar refractivity (Wildman–Crippen MR) is 110 cm³/mol. The van der Waals surface area contributed by atoms with Gasteiger partial charge in [0.25, 0.3) is 0 Å². The normalized spacial score (nSPS) is 12.0. The van der Waals surface area contributed by atoms with Gasteiger partial charge in [-0.2, -0.15) is 0 Å². The van der Waals surface area contributed by atoms with Crippen molar-refractivity contribution in [2.24, 2.45) is 0 Å². The fourth-order valence-corrected chi connectivity index (χ4v) is 2.89. The smallest absolute Gasteiger partial charge is 0.321 e. The van der Waals surface area contributed by atoms with Gasteiger partial charge in [-0.05, 0) is 44.0 Å². The van der Waals surface area contributed by atoms with Crippen LogP contribution in [0.25, 0.3) is 22.2 Å². The number of aromatic amines is 1. The number of carbonyl (C=O) groups is 1. The van der Waals surface area contributed by atoms with Gasteiger partial charge < -0.3 is 20.4 Å². The quantitative estimate of drug-likeness (QED) is 0.498. The number of imidazole rings is 1. The number of hydrogen-bond donors (Lipinski definition) is 4. The molecule has 1 unspecified atom stereocenters. The molecule has 4 N–H and O–H groups in total. The summed E-state index contributed by atoms with van der Waals surface area (Å²) in [5, 5.41) is 8.55. The van der Waals surface area contributed by atoms with Gasteiger partial charge in [-0.1, -0.05) is 0 Å². The Kier molecular flexibility index (Phi) is 6.05. The minimum atomic E-state index is -0.293. The molecule has 9 heteroatoms. The molecule has 0 aliphatic carbocycles. The summed E-state index contributed by atoms with van der Waals surface area (Å²) in [7, 11) is 1.66. The van der Waals surface area contributed by atoms with Gasteiger partial charge in [0, 0.05) is 37.7 Å². The maximum absolute atomic E-state index is 11.7. The van der Waals surface area contributed by atoms with Crippen LogP contribution in [0.2, 0.25) is 0 Å². The Bertz CT molecular complexity index is 953. The Morgan fingerprint density at radius 2 is 2.00 bits per heavy atom. The fraction of sp³-hybridized carbons (Fsp3) is 0.368. The zero-order valence-electron chi connectivity index (χ0n) is 16.5. The van der Waals surface area contributed by atoms with Crippen molar-refractivity contribution in [3.05, 3.63) is 30.1 Å². The number of nitrogens with zero attached hydrogens (tertiary/aromatic N) is 3. The Balaban J connectivity index is 1.82. The van der Waals surface area contributed by atoms with Crippen molar-refractivity contribution < 1.29 is 9.53 Å². The van der Waals surface area contributed by atoms with E-state index in [9.17, 15) is 4.79 Å². The topological polar surface area (TPSA) is 117 Å². The molecular formula is C19H25N7O2. The second kappa shape index (κ2) is 8.66. The summed E-state index contributed by atoms with van der Waals surface area (Å²) in [5.41, 5.74) is 4.49. The Labute approximate surface area is 163 Å². The summed E-state index contributed by atoms with van der Waals surface area (Å²) in [5.74, 6) is 0.962. The molecule has 28 heavy (non-hydrogen) atoms. The highest BCUT2D eigenvalue weighted by Crippen LogP contribution is 2.27. The predicted octanol–water partition coefficient (Wildman–Crippen LogP) is 2.92. The van der Waals surface area contributed by atoms with Gasteiger partial charge in [0.2, 0.25) is 11.9 Å². The van der Waals surface area contributed by atoms with Gasteiger partial charge in [-0.15, -0.1) is 0 Å². The van der Waals surface area contributed by atoms with E-state index in [4.69, 9.17) is 4.74 Å². The highest BCUT2D eigenvalue weighted by Gasteiger charge is 2.11. The first kappa shape index (κ1) is 19.6. The number of hydrogen-bond acceptors (Lipinski definition) is 6. The molecule has 0 bridgehead atoms. The minimum Gasteiger partial charge on any atom is -0.383 e. The monoisotopic (exact) mass is 383 g/mol. The van der Waals surface area contributed by atoms with Crippen molar-refractivity contribution >= 4 is 29.0 Å². The minimum absolute atomic E-state index is 0.120. The van der Waals surface area contributed by atoms with Crippen LogP contribution in [0, 0.1) is 6.92 Å². The van der Waals surface area contributed by atoms with Crippen LogP contribution < -0.4 is 16.0 Å². The molecule has 0 saturated heterocycles. The van der Waals surface area contributed by atoms with Gasteiger partial charge in [0.15, 0.2) is 0 Å². The van der Waals surface area contributed by atoms with E-state index in [1.807, 2.05) is 32.9 Å². The third kappa shape index (κ3) is 4.55. The van der Waals surface area contributed by atoms with Gasteiger partial charge in [0.1, 0.15) is 0 Å². The van der Waals surface area contributed by atoms with E-state index in [1.54, 1.807) is 19.5 Å². The lowest BCUT2D eigenvalue weighted by atomic mass is 10.1. The molecule has 2 aromatic heterocycles. The number of carbonyl (C=O) groups excluding carboxylic acids is 1. The van der Waals surface area contributed by atoms with Crippen molar-refractivity contribution in [1.29, 1.82) is 0 Å². The van der Waals surface area contributed by atoms with E-state index in [2.05, 4.69) is 35.9 Å². The van der Waals surface area contributed by atoms with Crippen LogP contribution in [0.15, 0.2) is 24.5 Å². The second-order valence-corrected chi connectivity index (χ2v) is 6.55. The number of nitrogens with one attached hydrogen (secondary N) is 4. The number of methoxy groups -OCH3 is 1. The van der Waals surface area contributed by atoms with E-state index < -0.39 is 0 Å². The van der Waals surface area contributed by atoms with Crippen LogP contribution in [0.4, 0.5) is 16.7 Å². The first-order valence-electron chi connectivity index (χ1n) is 9.13. The number of aryl methyl sites for hydroxylation is 1. The Morgan fingerprint density at radius 1 is 1.25 bits per heavy atom. The third-order valence-corrected chi connectivity index (χ3v) is 4.14. The average Bonchev–Trinajstić information content (AvgIpc) is 3.05. The number of aromatic nitrogens is 4. The number of anilines is 2. The molecule has 1 atom stereocenters. The van der Waals surface area contributed by atoms with Crippen molar-refractivity contribution in [3.8, 4) is 11.1 Å². The molecule has 2 amide bonds. The number of amides is 2. The molecule has 0 aliphatic heterocycles. The summed E-state index contributed by atoms with van der Waals surface area (Å²) >= 11 is 0. The molecule has 9 nitrogen and oxygen atoms in total. The third-order valence-electron chi connectivity index (χ3n) is 4.14. The zero-order valence-corrected chi connectivity index (χ0v) is 16.5. The zero-order chi connectivity index (χ0) is 20.1. The van der Waals surface area contributed by atoms with Crippen LogP contribution >= 0.6 is 0 Å². The summed E-state index contributed by atoms with van der Waals surface area (Å²) < 4.78 is 5.10. The molecule has 0 saturated carbocycles. The maximum Gasteiger partial charge on any atom is 0.321 e. The maximum atomic E-state index is 11.7. The van der Waals surface area contributed by atoms with Crippen molar-refractivity contribution in [2.45, 2.75) is 26.8 Å². The Hall–Kier alpha value is -3.20. The molecule has 148 valence electrons. The molecule has 0 radical (unpaired) electrons. The van der Waals surface area contributed by atoms with E-state index in [0.29, 0.717) is 25.0 Å². The first-order chi connectivity index (χ1) is 13.5. The molecule has 3 aromatic rings. The van der Waals surface area contributed by atoms with E-state index in [-0.39, 0.29) is 12.1 Å². The number of rotatable bonds is 7. The standard InChI is InChI=1S/C19H25N7O2/c1-5-20-19(27)26-18-24-15-7-13(6-11(2)16(15)25-18)14-8-21-17(22-9-14)23-12(3)10-28-4/h6-9,12H,5,10H2,1-4H3,(H,21,22,23)(H3,20,24,25,26,27). The molecule has 1 aromatic carbocycles. The number of benzene rings is 1. The van der Waals surface area contributed by atoms with Crippen LogP contribution in [-0.2, 0) is 4.74 Å². The van der Waals surface area contributed by atoms with E-state index in [1.165, 1.54) is 0 Å². The van der Waals surface area contributed by atoms with Gasteiger partial charge >= 0.3 is 6.03 Å². The molecule has 3 rings (SSSR count). The molecular weight excluding hydrogens is 358 g/mol. The summed E-state index contributed by atoms with van der Waals surface area (Å²) in [6, 6.07) is 3.81. The highest BCUT2D eigenvalue weighted by molar-refractivity contribution is 5.91. The largest absolute Gasteiger partial charge is 0.383 e. The van der Waals surface area contributed by atoms with Crippen LogP contribution in [0.1, 0.15) is 19.4 Å². The summed E-state index contributed by atoms with van der Waals surface area (Å²) in [4.78, 5) is 28.1. The number of H-pyrrole nitrogens is 1. The molecule has 0 fully saturated rings. The van der Waals surface area contributed by atoms with Crippen LogP contribution in [-0.4, -0.2) is 52.3 Å². The van der Waals surface area contributed by atoms with Gasteiger partial charge in [-0.25, -0.2) is 19.7 Å².